The van der Waals surface area contributed by atoms with Crippen LogP contribution in [0, 0.1) is 6.92 Å². The van der Waals surface area contributed by atoms with Gasteiger partial charge in [-0.25, -0.2) is 12.7 Å². The Bertz CT molecular complexity index is 783. The molecule has 1 rings (SSSR count). The fourth-order valence-electron chi connectivity index (χ4n) is 2.52. The molecule has 0 aliphatic carbocycles. The molecule has 29 heavy (non-hydrogen) atoms. The highest BCUT2D eigenvalue weighted by Gasteiger charge is 2.28. The summed E-state index contributed by atoms with van der Waals surface area (Å²) in [5.74, 6) is 0.617. The number of rotatable bonds is 10. The second-order valence-corrected chi connectivity index (χ2v) is 8.46. The van der Waals surface area contributed by atoms with Crippen molar-refractivity contribution in [3.05, 3.63) is 29.3 Å². The van der Waals surface area contributed by atoms with Crippen LogP contribution in [0.3, 0.4) is 0 Å². The first-order valence-corrected chi connectivity index (χ1v) is 11.0. The van der Waals surface area contributed by atoms with Crippen molar-refractivity contribution in [1.29, 1.82) is 0 Å². The molecular weight excluding hydrogens is 409 g/mol. The molecule has 0 heterocycles. The molecule has 7 nitrogen and oxygen atoms in total. The van der Waals surface area contributed by atoms with Crippen molar-refractivity contribution >= 4 is 16.0 Å². The van der Waals surface area contributed by atoms with Gasteiger partial charge in [-0.2, -0.15) is 13.2 Å². The summed E-state index contributed by atoms with van der Waals surface area (Å²) in [5, 5.41) is 6.08. The zero-order valence-corrected chi connectivity index (χ0v) is 18.0. The van der Waals surface area contributed by atoms with Gasteiger partial charge in [-0.05, 0) is 25.0 Å². The summed E-state index contributed by atoms with van der Waals surface area (Å²) in [6, 6.07) is 5.05. The van der Waals surface area contributed by atoms with Gasteiger partial charge in [0.1, 0.15) is 5.75 Å². The third-order valence-corrected chi connectivity index (χ3v) is 5.36. The fraction of sp³-hybridized carbons (Fsp3) is 0.611. The second-order valence-electron chi connectivity index (χ2n) is 6.48. The number of ether oxygens (including phenoxy) is 1. The minimum atomic E-state index is -4.41. The number of nitrogens with one attached hydrogen (secondary N) is 2. The molecule has 166 valence electrons. The van der Waals surface area contributed by atoms with E-state index in [0.717, 1.165) is 5.56 Å². The predicted octanol–water partition coefficient (Wildman–Crippen LogP) is 2.27. The van der Waals surface area contributed by atoms with Crippen LogP contribution in [0.5, 0.6) is 5.75 Å². The van der Waals surface area contributed by atoms with E-state index in [9.17, 15) is 21.6 Å². The molecule has 0 saturated heterocycles. The maximum absolute atomic E-state index is 12.5. The van der Waals surface area contributed by atoms with Gasteiger partial charge >= 0.3 is 6.18 Å². The number of aryl methyl sites for hydroxylation is 1. The van der Waals surface area contributed by atoms with Crippen LogP contribution in [0.25, 0.3) is 0 Å². The third kappa shape index (κ3) is 9.84. The molecule has 1 aromatic rings. The lowest BCUT2D eigenvalue weighted by molar-refractivity contribution is -0.153. The summed E-state index contributed by atoms with van der Waals surface area (Å²) in [6.07, 6.45) is -2.67. The molecule has 1 aromatic carbocycles. The van der Waals surface area contributed by atoms with Crippen molar-refractivity contribution in [3.63, 3.8) is 0 Å². The smallest absolute Gasteiger partial charge is 0.422 e. The maximum Gasteiger partial charge on any atom is 0.422 e. The van der Waals surface area contributed by atoms with Gasteiger partial charge in [0.15, 0.2) is 12.6 Å². The quantitative estimate of drug-likeness (QED) is 0.333. The van der Waals surface area contributed by atoms with Gasteiger partial charge in [-0.3, -0.25) is 4.99 Å². The molecule has 0 bridgehead atoms. The molecule has 0 fully saturated rings. The van der Waals surface area contributed by atoms with E-state index in [2.05, 4.69) is 15.6 Å². The molecular formula is C18H29F3N4O3S. The molecule has 11 heteroatoms. The minimum absolute atomic E-state index is 0.164. The monoisotopic (exact) mass is 438 g/mol. The van der Waals surface area contributed by atoms with Crippen molar-refractivity contribution in [2.24, 2.45) is 4.99 Å². The average Bonchev–Trinajstić information content (AvgIpc) is 2.61. The summed E-state index contributed by atoms with van der Waals surface area (Å²) in [4.78, 5) is 4.06. The number of aliphatic imine (C=N–C) groups is 1. The first-order valence-electron chi connectivity index (χ1n) is 9.15. The Kier molecular flexibility index (Phi) is 9.71. The van der Waals surface area contributed by atoms with Gasteiger partial charge in [0.05, 0.1) is 6.26 Å². The van der Waals surface area contributed by atoms with E-state index < -0.39 is 22.8 Å². The van der Waals surface area contributed by atoms with E-state index in [0.29, 0.717) is 37.6 Å². The number of nitrogens with zero attached hydrogens (tertiary/aromatic N) is 2. The topological polar surface area (TPSA) is 83.0 Å². The minimum Gasteiger partial charge on any atom is -0.484 e. The van der Waals surface area contributed by atoms with Crippen LogP contribution in [-0.2, 0) is 16.6 Å². The number of sulfonamides is 1. The molecule has 0 aliphatic heterocycles. The van der Waals surface area contributed by atoms with Gasteiger partial charge in [-0.15, -0.1) is 0 Å². The standard InChI is InChI=1S/C18H29F3N4O3S/c1-5-25(29(4,26)27)10-6-9-23-17(22-3)24-12-15-8-7-14(2)11-16(15)28-13-18(19,20)21/h7-8,11H,5-6,9-10,12-13H2,1-4H3,(H2,22,23,24). The van der Waals surface area contributed by atoms with Crippen molar-refractivity contribution in [3.8, 4) is 5.75 Å². The zero-order valence-electron chi connectivity index (χ0n) is 17.1. The molecule has 2 N–H and O–H groups in total. The number of hydrogen-bond acceptors (Lipinski definition) is 4. The van der Waals surface area contributed by atoms with Crippen molar-refractivity contribution in [2.45, 2.75) is 33.0 Å². The molecule has 0 radical (unpaired) electrons. The van der Waals surface area contributed by atoms with E-state index in [1.165, 1.54) is 10.6 Å². The second kappa shape index (κ2) is 11.2. The molecule has 0 atom stereocenters. The van der Waals surface area contributed by atoms with Gasteiger partial charge < -0.3 is 15.4 Å². The van der Waals surface area contributed by atoms with Crippen LogP contribution < -0.4 is 15.4 Å². The first kappa shape index (κ1) is 25.0. The van der Waals surface area contributed by atoms with Crippen molar-refractivity contribution < 1.29 is 26.3 Å². The number of guanidine groups is 1. The molecule has 0 aromatic heterocycles. The number of alkyl halides is 3. The number of benzene rings is 1. The average molecular weight is 439 g/mol. The van der Waals surface area contributed by atoms with Crippen molar-refractivity contribution in [2.75, 3.05) is 39.5 Å². The van der Waals surface area contributed by atoms with E-state index in [4.69, 9.17) is 4.74 Å². The Balaban J connectivity index is 2.58. The predicted molar refractivity (Wildman–Crippen MR) is 108 cm³/mol. The molecule has 0 saturated carbocycles. The summed E-state index contributed by atoms with van der Waals surface area (Å²) in [5.41, 5.74) is 1.36. The Labute approximate surface area is 170 Å². The molecule has 0 amide bonds. The Morgan fingerprint density at radius 1 is 1.28 bits per heavy atom. The SMILES string of the molecule is CCN(CCCNC(=NC)NCc1ccc(C)cc1OCC(F)(F)F)S(C)(=O)=O. The maximum atomic E-state index is 12.5. The molecule has 0 unspecified atom stereocenters. The summed E-state index contributed by atoms with van der Waals surface area (Å²) in [7, 11) is -1.66. The molecule has 0 spiro atoms. The zero-order chi connectivity index (χ0) is 22.1. The largest absolute Gasteiger partial charge is 0.484 e. The first-order chi connectivity index (χ1) is 13.5. The molecule has 0 aliphatic rings. The number of halogens is 3. The fourth-order valence-corrected chi connectivity index (χ4v) is 3.45. The summed E-state index contributed by atoms with van der Waals surface area (Å²) >= 11 is 0. The Morgan fingerprint density at radius 2 is 1.97 bits per heavy atom. The highest BCUT2D eigenvalue weighted by Crippen LogP contribution is 2.23. The Hall–Kier alpha value is -2.01. The van der Waals surface area contributed by atoms with Gasteiger partial charge in [0, 0.05) is 38.8 Å². The van der Waals surface area contributed by atoms with Gasteiger partial charge in [0.25, 0.3) is 0 Å². The van der Waals surface area contributed by atoms with E-state index >= 15 is 0 Å². The van der Waals surface area contributed by atoms with E-state index in [-0.39, 0.29) is 12.3 Å². The third-order valence-electron chi connectivity index (χ3n) is 3.98. The Morgan fingerprint density at radius 3 is 2.52 bits per heavy atom. The lowest BCUT2D eigenvalue weighted by atomic mass is 10.1. The van der Waals surface area contributed by atoms with Crippen LogP contribution in [0.1, 0.15) is 24.5 Å². The normalized spacial score (nSPS) is 12.9. The van der Waals surface area contributed by atoms with Crippen molar-refractivity contribution in [1.82, 2.24) is 14.9 Å². The highest BCUT2D eigenvalue weighted by molar-refractivity contribution is 7.88. The summed E-state index contributed by atoms with van der Waals surface area (Å²) in [6.45, 7) is 3.68. The van der Waals surface area contributed by atoms with Crippen LogP contribution in [0.4, 0.5) is 13.2 Å². The van der Waals surface area contributed by atoms with Crippen LogP contribution in [-0.4, -0.2) is 64.4 Å². The van der Waals surface area contributed by atoms with E-state index in [1.807, 2.05) is 0 Å². The van der Waals surface area contributed by atoms with Crippen LogP contribution >= 0.6 is 0 Å². The summed E-state index contributed by atoms with van der Waals surface area (Å²) < 4.78 is 66.8. The lowest BCUT2D eigenvalue weighted by Gasteiger charge is -2.19. The van der Waals surface area contributed by atoms with Gasteiger partial charge in [-0.1, -0.05) is 19.1 Å². The van der Waals surface area contributed by atoms with Crippen LogP contribution in [0.2, 0.25) is 0 Å². The highest BCUT2D eigenvalue weighted by atomic mass is 32.2. The number of hydrogen-bond donors (Lipinski definition) is 2. The van der Waals surface area contributed by atoms with E-state index in [1.54, 1.807) is 39.1 Å². The van der Waals surface area contributed by atoms with Crippen LogP contribution in [0.15, 0.2) is 23.2 Å². The lowest BCUT2D eigenvalue weighted by Crippen LogP contribution is -2.39. The van der Waals surface area contributed by atoms with Gasteiger partial charge in [0.2, 0.25) is 10.0 Å².